The van der Waals surface area contributed by atoms with Crippen LogP contribution < -0.4 is 10.6 Å². The fourth-order valence-electron chi connectivity index (χ4n) is 3.40. The lowest BCUT2D eigenvalue weighted by molar-refractivity contribution is 0.233. The number of benzene rings is 1. The minimum atomic E-state index is -0.847. The first-order chi connectivity index (χ1) is 14.3. The van der Waals surface area contributed by atoms with Gasteiger partial charge in [0.25, 0.3) is 0 Å². The highest BCUT2D eigenvalue weighted by Gasteiger charge is 2.24. The first-order valence-corrected chi connectivity index (χ1v) is 10.6. The average molecular weight is 447 g/mol. The minimum Gasteiger partial charge on any atom is -0.387 e. The zero-order valence-electron chi connectivity index (χ0n) is 16.5. The van der Waals surface area contributed by atoms with Crippen LogP contribution in [-0.2, 0) is 6.54 Å². The molecule has 1 aliphatic rings. The Bertz CT molecular complexity index is 1190. The second-order valence-electron chi connectivity index (χ2n) is 7.19. The summed E-state index contributed by atoms with van der Waals surface area (Å²) in [6.07, 6.45) is 0.969. The van der Waals surface area contributed by atoms with E-state index in [1.165, 1.54) is 22.0 Å². The van der Waals surface area contributed by atoms with Gasteiger partial charge in [0.2, 0.25) is 5.95 Å². The molecule has 1 aliphatic heterocycles. The van der Waals surface area contributed by atoms with Gasteiger partial charge < -0.3 is 10.0 Å². The summed E-state index contributed by atoms with van der Waals surface area (Å²) in [5.74, 6) is 0.486. The van der Waals surface area contributed by atoms with Crippen LogP contribution in [0.2, 0.25) is 4.34 Å². The van der Waals surface area contributed by atoms with E-state index in [0.29, 0.717) is 40.0 Å². The van der Waals surface area contributed by atoms with Crippen molar-refractivity contribution in [2.75, 3.05) is 18.0 Å². The molecule has 0 amide bonds. The van der Waals surface area contributed by atoms with E-state index >= 15 is 0 Å². The summed E-state index contributed by atoms with van der Waals surface area (Å²) in [7, 11) is 0. The summed E-state index contributed by atoms with van der Waals surface area (Å²) < 4.78 is 16.1. The maximum atomic E-state index is 13.9. The number of aromatic nitrogens is 3. The number of anilines is 1. The quantitative estimate of drug-likeness (QED) is 0.665. The van der Waals surface area contributed by atoms with Gasteiger partial charge in [0.05, 0.1) is 23.5 Å². The van der Waals surface area contributed by atoms with Crippen molar-refractivity contribution in [1.82, 2.24) is 14.5 Å². The lowest BCUT2D eigenvalue weighted by atomic mass is 9.96. The molecule has 0 aliphatic carbocycles. The number of nitrogens with zero attached hydrogens (tertiary/aromatic N) is 4. The molecule has 0 fully saturated rings. The number of hydrogen-bond donors (Lipinski definition) is 1. The number of halogens is 2. The number of β-amino-alcohol motifs (C(OH)–C–C–N with tert-alkyl or cyclic N) is 1. The van der Waals surface area contributed by atoms with Crippen LogP contribution >= 0.6 is 22.9 Å². The van der Waals surface area contributed by atoms with Gasteiger partial charge in [-0.25, -0.2) is 9.18 Å². The number of rotatable bonds is 4. The van der Waals surface area contributed by atoms with Gasteiger partial charge in [-0.2, -0.15) is 9.97 Å². The molecule has 0 unspecified atom stereocenters. The van der Waals surface area contributed by atoms with Crippen molar-refractivity contribution in [1.29, 1.82) is 0 Å². The van der Waals surface area contributed by atoms with Crippen LogP contribution in [0.3, 0.4) is 0 Å². The molecular weight excluding hydrogens is 427 g/mol. The standard InChI is InChI=1S/C21H20ClFN4O2S/c1-12-3-4-14(9-17(12)23)16-7-8-26(11-18(16)28)20-24-13(2)27(21(29)25-20)10-15-5-6-19(22)30-15/h3-7,9,18,28H,8,10-11H2,1-2H3/t18-/m0/s1. The molecule has 6 nitrogen and oxygen atoms in total. The van der Waals surface area contributed by atoms with Crippen LogP contribution in [0.25, 0.3) is 5.57 Å². The fraction of sp³-hybridized carbons (Fsp3) is 0.286. The molecule has 0 saturated heterocycles. The molecule has 2 aromatic heterocycles. The third-order valence-electron chi connectivity index (χ3n) is 5.09. The van der Waals surface area contributed by atoms with Crippen LogP contribution in [0, 0.1) is 19.7 Å². The normalized spacial score (nSPS) is 16.6. The summed E-state index contributed by atoms with van der Waals surface area (Å²) in [4.78, 5) is 23.8. The zero-order chi connectivity index (χ0) is 21.4. The van der Waals surface area contributed by atoms with Crippen LogP contribution in [0.4, 0.5) is 10.3 Å². The zero-order valence-corrected chi connectivity index (χ0v) is 18.0. The minimum absolute atomic E-state index is 0.213. The SMILES string of the molecule is Cc1ccc(C2=CCN(c3nc(C)n(Cc4ccc(Cl)s4)c(=O)n3)C[C@@H]2O)cc1F. The maximum Gasteiger partial charge on any atom is 0.352 e. The van der Waals surface area contributed by atoms with E-state index in [4.69, 9.17) is 11.6 Å². The van der Waals surface area contributed by atoms with E-state index in [0.717, 1.165) is 4.88 Å². The number of aliphatic hydroxyl groups is 1. The molecule has 0 saturated carbocycles. The molecule has 4 rings (SSSR count). The largest absolute Gasteiger partial charge is 0.387 e. The lowest BCUT2D eigenvalue weighted by Gasteiger charge is -2.30. The predicted molar refractivity (Wildman–Crippen MR) is 117 cm³/mol. The van der Waals surface area contributed by atoms with Crippen molar-refractivity contribution in [3.63, 3.8) is 0 Å². The van der Waals surface area contributed by atoms with E-state index in [1.807, 2.05) is 12.1 Å². The van der Waals surface area contributed by atoms with Crippen LogP contribution in [0.5, 0.6) is 0 Å². The highest BCUT2D eigenvalue weighted by molar-refractivity contribution is 7.16. The fourth-order valence-corrected chi connectivity index (χ4v) is 4.48. The predicted octanol–water partition coefficient (Wildman–Crippen LogP) is 3.42. The Morgan fingerprint density at radius 2 is 2.07 bits per heavy atom. The summed E-state index contributed by atoms with van der Waals surface area (Å²) in [5.41, 5.74) is 1.45. The molecule has 3 heterocycles. The molecule has 30 heavy (non-hydrogen) atoms. The molecule has 1 N–H and O–H groups in total. The average Bonchev–Trinajstić information content (AvgIpc) is 3.11. The molecule has 1 aromatic carbocycles. The van der Waals surface area contributed by atoms with Crippen molar-refractivity contribution < 1.29 is 9.50 Å². The van der Waals surface area contributed by atoms with E-state index in [-0.39, 0.29) is 18.3 Å². The van der Waals surface area contributed by atoms with E-state index in [2.05, 4.69) is 9.97 Å². The van der Waals surface area contributed by atoms with Crippen molar-refractivity contribution in [2.45, 2.75) is 26.5 Å². The van der Waals surface area contributed by atoms with Crippen LogP contribution in [0.15, 0.2) is 41.2 Å². The summed E-state index contributed by atoms with van der Waals surface area (Å²) in [6, 6.07) is 8.57. The molecule has 0 bridgehead atoms. The highest BCUT2D eigenvalue weighted by atomic mass is 35.5. The topological polar surface area (TPSA) is 71.2 Å². The first kappa shape index (κ1) is 20.7. The monoisotopic (exact) mass is 446 g/mol. The number of hydrogen-bond acceptors (Lipinski definition) is 6. The third-order valence-corrected chi connectivity index (χ3v) is 6.31. The second-order valence-corrected chi connectivity index (χ2v) is 8.99. The van der Waals surface area contributed by atoms with Gasteiger partial charge in [-0.05, 0) is 48.7 Å². The molecule has 1 atom stereocenters. The number of aryl methyl sites for hydroxylation is 2. The molecule has 3 aromatic rings. The Balaban J connectivity index is 1.57. The van der Waals surface area contributed by atoms with Crippen molar-refractivity contribution in [3.05, 3.63) is 78.9 Å². The Morgan fingerprint density at radius 1 is 1.27 bits per heavy atom. The van der Waals surface area contributed by atoms with Gasteiger partial charge in [-0.3, -0.25) is 4.57 Å². The van der Waals surface area contributed by atoms with Gasteiger partial charge >= 0.3 is 5.69 Å². The molecule has 0 radical (unpaired) electrons. The number of aliphatic hydroxyl groups excluding tert-OH is 1. The molecule has 156 valence electrons. The Morgan fingerprint density at radius 3 is 2.70 bits per heavy atom. The smallest absolute Gasteiger partial charge is 0.352 e. The van der Waals surface area contributed by atoms with Gasteiger partial charge in [-0.15, -0.1) is 11.3 Å². The second kappa shape index (κ2) is 8.29. The Kier molecular flexibility index (Phi) is 5.73. The van der Waals surface area contributed by atoms with Gasteiger partial charge in [-0.1, -0.05) is 29.8 Å². The molecule has 0 spiro atoms. The van der Waals surface area contributed by atoms with Crippen molar-refractivity contribution in [2.24, 2.45) is 0 Å². The van der Waals surface area contributed by atoms with E-state index in [9.17, 15) is 14.3 Å². The third kappa shape index (κ3) is 4.16. The Hall–Kier alpha value is -2.55. The lowest BCUT2D eigenvalue weighted by Crippen LogP contribution is -2.40. The summed E-state index contributed by atoms with van der Waals surface area (Å²) in [6.45, 7) is 4.42. The van der Waals surface area contributed by atoms with Crippen molar-refractivity contribution >= 4 is 34.5 Å². The van der Waals surface area contributed by atoms with Crippen LogP contribution in [-0.4, -0.2) is 38.8 Å². The maximum absolute atomic E-state index is 13.9. The molecule has 9 heteroatoms. The van der Waals surface area contributed by atoms with Crippen molar-refractivity contribution in [3.8, 4) is 0 Å². The van der Waals surface area contributed by atoms with Gasteiger partial charge in [0.1, 0.15) is 11.6 Å². The summed E-state index contributed by atoms with van der Waals surface area (Å²) >= 11 is 7.37. The van der Waals surface area contributed by atoms with E-state index in [1.54, 1.807) is 36.9 Å². The van der Waals surface area contributed by atoms with Gasteiger partial charge in [0, 0.05) is 11.4 Å². The first-order valence-electron chi connectivity index (χ1n) is 9.41. The highest BCUT2D eigenvalue weighted by Crippen LogP contribution is 2.26. The Labute approximate surface area is 181 Å². The number of thiophene rings is 1. The van der Waals surface area contributed by atoms with Crippen LogP contribution in [0.1, 0.15) is 21.8 Å². The van der Waals surface area contributed by atoms with Gasteiger partial charge in [0.15, 0.2) is 0 Å². The molecular formula is C21H20ClFN4O2S. The van der Waals surface area contributed by atoms with E-state index < -0.39 is 11.8 Å². The summed E-state index contributed by atoms with van der Waals surface area (Å²) in [5, 5.41) is 10.6.